The van der Waals surface area contributed by atoms with E-state index in [-0.39, 0.29) is 16.1 Å². The second kappa shape index (κ2) is 4.57. The molecule has 1 aliphatic heterocycles. The molecule has 0 atom stereocenters. The number of amides is 1. The van der Waals surface area contributed by atoms with Crippen LogP contribution < -0.4 is 0 Å². The summed E-state index contributed by atoms with van der Waals surface area (Å²) in [6.45, 7) is 0.517. The molecule has 1 aromatic heterocycles. The number of hydrogen-bond donors (Lipinski definition) is 0. The molecular weight excluding hydrogens is 284 g/mol. The van der Waals surface area contributed by atoms with E-state index in [0.29, 0.717) is 18.5 Å². The van der Waals surface area contributed by atoms with Crippen molar-refractivity contribution in [3.8, 4) is 0 Å². The molecule has 0 unspecified atom stereocenters. The summed E-state index contributed by atoms with van der Waals surface area (Å²) >= 11 is 1.15. The number of fused-ring (bicyclic) bond motifs is 1. The molecule has 100 valence electrons. The van der Waals surface area contributed by atoms with Crippen molar-refractivity contribution in [1.29, 1.82) is 0 Å². The Morgan fingerprint density at radius 1 is 1.32 bits per heavy atom. The molecule has 1 aliphatic rings. The van der Waals surface area contributed by atoms with Crippen LogP contribution >= 0.6 is 11.3 Å². The summed E-state index contributed by atoms with van der Waals surface area (Å²) in [5, 5.41) is 0. The molecule has 2 heterocycles. The molecule has 0 aliphatic carbocycles. The first-order valence-electron chi connectivity index (χ1n) is 5.92. The van der Waals surface area contributed by atoms with Gasteiger partial charge in [-0.05, 0) is 18.6 Å². The van der Waals surface area contributed by atoms with E-state index >= 15 is 0 Å². The molecule has 0 N–H and O–H groups in total. The first-order valence-corrected chi connectivity index (χ1v) is 8.39. The summed E-state index contributed by atoms with van der Waals surface area (Å²) in [7, 11) is -3.53. The van der Waals surface area contributed by atoms with E-state index in [1.807, 2.05) is 18.2 Å². The van der Waals surface area contributed by atoms with Crippen molar-refractivity contribution in [2.45, 2.75) is 17.2 Å². The van der Waals surface area contributed by atoms with Gasteiger partial charge in [0, 0.05) is 13.0 Å². The molecule has 1 saturated heterocycles. The van der Waals surface area contributed by atoms with Crippen LogP contribution in [0, 0.1) is 0 Å². The van der Waals surface area contributed by atoms with Gasteiger partial charge >= 0.3 is 0 Å². The van der Waals surface area contributed by atoms with Crippen LogP contribution in [0.5, 0.6) is 0 Å². The van der Waals surface area contributed by atoms with E-state index in [1.165, 1.54) is 4.90 Å². The summed E-state index contributed by atoms with van der Waals surface area (Å²) in [5.41, 5.74) is 0.679. The Balaban J connectivity index is 1.93. The first kappa shape index (κ1) is 12.6. The highest BCUT2D eigenvalue weighted by Crippen LogP contribution is 2.26. The molecular formula is C12H12N2O3S2. The lowest BCUT2D eigenvalue weighted by Crippen LogP contribution is -2.30. The normalized spacial score (nSPS) is 16.4. The number of hydrogen-bond acceptors (Lipinski definition) is 5. The summed E-state index contributed by atoms with van der Waals surface area (Å²) < 4.78 is 25.4. The smallest absolute Gasteiger partial charge is 0.223 e. The molecule has 2 aromatic rings. The minimum atomic E-state index is -3.53. The molecule has 1 amide bonds. The van der Waals surface area contributed by atoms with Crippen LogP contribution in [-0.2, 0) is 14.6 Å². The van der Waals surface area contributed by atoms with Crippen LogP contribution in [0.3, 0.4) is 0 Å². The second-order valence-electron chi connectivity index (χ2n) is 4.45. The van der Waals surface area contributed by atoms with Crippen molar-refractivity contribution in [1.82, 2.24) is 9.88 Å². The fourth-order valence-corrected chi connectivity index (χ4v) is 4.75. The minimum absolute atomic E-state index is 0.0911. The van der Waals surface area contributed by atoms with Crippen molar-refractivity contribution in [2.75, 3.05) is 12.4 Å². The molecule has 0 spiro atoms. The number of benzene rings is 1. The standard InChI is InChI=1S/C12H12N2O3S2/c15-11-6-3-7-14(11)8-19(16,17)12-13-9-4-1-2-5-10(9)18-12/h1-2,4-5H,3,6-8H2. The van der Waals surface area contributed by atoms with E-state index in [9.17, 15) is 13.2 Å². The Morgan fingerprint density at radius 2 is 2.11 bits per heavy atom. The van der Waals surface area contributed by atoms with Gasteiger partial charge in [-0.15, -0.1) is 11.3 Å². The molecule has 7 heteroatoms. The average Bonchev–Trinajstić information content (AvgIpc) is 2.96. The van der Waals surface area contributed by atoms with Crippen LogP contribution in [0.1, 0.15) is 12.8 Å². The fourth-order valence-electron chi connectivity index (χ4n) is 2.08. The van der Waals surface area contributed by atoms with E-state index in [4.69, 9.17) is 0 Å². The van der Waals surface area contributed by atoms with Gasteiger partial charge in [0.25, 0.3) is 0 Å². The Morgan fingerprint density at radius 3 is 2.79 bits per heavy atom. The monoisotopic (exact) mass is 296 g/mol. The summed E-state index contributed by atoms with van der Waals surface area (Å²) in [4.78, 5) is 17.0. The topological polar surface area (TPSA) is 67.3 Å². The number of likely N-dealkylation sites (tertiary alicyclic amines) is 1. The number of para-hydroxylation sites is 1. The summed E-state index contributed by atoms with van der Waals surface area (Å²) in [5.74, 6) is -0.351. The van der Waals surface area contributed by atoms with Crippen LogP contribution in [-0.4, -0.2) is 36.6 Å². The highest BCUT2D eigenvalue weighted by atomic mass is 32.2. The first-order chi connectivity index (χ1) is 9.06. The molecule has 19 heavy (non-hydrogen) atoms. The van der Waals surface area contributed by atoms with Gasteiger partial charge in [0.1, 0.15) is 5.88 Å². The van der Waals surface area contributed by atoms with Crippen molar-refractivity contribution >= 4 is 37.3 Å². The largest absolute Gasteiger partial charge is 0.328 e. The predicted octanol–water partition coefficient (Wildman–Crippen LogP) is 1.65. The van der Waals surface area contributed by atoms with Crippen LogP contribution in [0.25, 0.3) is 10.2 Å². The van der Waals surface area contributed by atoms with Gasteiger partial charge in [0.15, 0.2) is 0 Å². The highest BCUT2D eigenvalue weighted by molar-refractivity contribution is 7.93. The number of thiazole rings is 1. The third-order valence-corrected chi connectivity index (χ3v) is 6.16. The highest BCUT2D eigenvalue weighted by Gasteiger charge is 2.28. The van der Waals surface area contributed by atoms with Crippen molar-refractivity contribution in [3.05, 3.63) is 24.3 Å². The lowest BCUT2D eigenvalue weighted by atomic mass is 10.3. The Kier molecular flexibility index (Phi) is 3.02. The lowest BCUT2D eigenvalue weighted by Gasteiger charge is -2.13. The maximum Gasteiger partial charge on any atom is 0.223 e. The molecule has 5 nitrogen and oxygen atoms in total. The van der Waals surface area contributed by atoms with Crippen molar-refractivity contribution in [3.63, 3.8) is 0 Å². The molecule has 1 aromatic carbocycles. The van der Waals surface area contributed by atoms with Crippen LogP contribution in [0.4, 0.5) is 0 Å². The average molecular weight is 296 g/mol. The Labute approximate surface area is 114 Å². The van der Waals surface area contributed by atoms with Gasteiger partial charge in [-0.2, -0.15) is 0 Å². The maximum absolute atomic E-state index is 12.3. The molecule has 0 bridgehead atoms. The second-order valence-corrected chi connectivity index (χ2v) is 7.62. The van der Waals surface area contributed by atoms with Crippen LogP contribution in [0.15, 0.2) is 28.6 Å². The molecule has 0 saturated carbocycles. The zero-order chi connectivity index (χ0) is 13.5. The zero-order valence-electron chi connectivity index (χ0n) is 10.1. The molecule has 1 fully saturated rings. The van der Waals surface area contributed by atoms with E-state index in [2.05, 4.69) is 4.98 Å². The Bertz CT molecular complexity index is 703. The van der Waals surface area contributed by atoms with E-state index in [1.54, 1.807) is 6.07 Å². The number of sulfone groups is 1. The number of rotatable bonds is 3. The van der Waals surface area contributed by atoms with Gasteiger partial charge in [-0.25, -0.2) is 13.4 Å². The Hall–Kier alpha value is -1.47. The van der Waals surface area contributed by atoms with E-state index in [0.717, 1.165) is 22.5 Å². The zero-order valence-corrected chi connectivity index (χ0v) is 11.7. The molecule has 0 radical (unpaired) electrons. The summed E-state index contributed by atoms with van der Waals surface area (Å²) in [6.07, 6.45) is 1.17. The van der Waals surface area contributed by atoms with Gasteiger partial charge in [-0.1, -0.05) is 12.1 Å². The predicted molar refractivity (Wildman–Crippen MR) is 72.6 cm³/mol. The van der Waals surface area contributed by atoms with Crippen molar-refractivity contribution < 1.29 is 13.2 Å². The number of carbonyl (C=O) groups is 1. The lowest BCUT2D eigenvalue weighted by molar-refractivity contribution is -0.126. The van der Waals surface area contributed by atoms with E-state index < -0.39 is 9.84 Å². The number of aromatic nitrogens is 1. The summed E-state index contributed by atoms with van der Waals surface area (Å²) in [6, 6.07) is 7.29. The maximum atomic E-state index is 12.3. The van der Waals surface area contributed by atoms with Gasteiger partial charge in [-0.3, -0.25) is 4.79 Å². The number of nitrogens with zero attached hydrogens (tertiary/aromatic N) is 2. The van der Waals surface area contributed by atoms with Gasteiger partial charge < -0.3 is 4.90 Å². The van der Waals surface area contributed by atoms with Gasteiger partial charge in [0.2, 0.25) is 20.1 Å². The van der Waals surface area contributed by atoms with Gasteiger partial charge in [0.05, 0.1) is 10.2 Å². The third-order valence-electron chi connectivity index (χ3n) is 3.04. The quantitative estimate of drug-likeness (QED) is 0.863. The number of carbonyl (C=O) groups excluding carboxylic acids is 1. The van der Waals surface area contributed by atoms with Crippen molar-refractivity contribution in [2.24, 2.45) is 0 Å². The third kappa shape index (κ3) is 2.35. The minimum Gasteiger partial charge on any atom is -0.328 e. The molecule has 3 rings (SSSR count). The van der Waals surface area contributed by atoms with Crippen LogP contribution in [0.2, 0.25) is 0 Å². The fraction of sp³-hybridized carbons (Fsp3) is 0.333. The SMILES string of the molecule is O=C1CCCN1CS(=O)(=O)c1nc2ccccc2s1.